The number of aryl methyl sites for hydroxylation is 1. The Morgan fingerprint density at radius 1 is 1.05 bits per heavy atom. The summed E-state index contributed by atoms with van der Waals surface area (Å²) in [5.74, 6) is 0. The number of rotatable bonds is 5. The molecular weight excluding hydrogens is 258 g/mol. The smallest absolute Gasteiger partial charge is 0.0359 e. The molecule has 1 aliphatic heterocycles. The lowest BCUT2D eigenvalue weighted by atomic mass is 9.79. The van der Waals surface area contributed by atoms with E-state index in [1.807, 2.05) is 0 Å². The Balaban J connectivity index is 1.60. The van der Waals surface area contributed by atoms with Gasteiger partial charge in [0.15, 0.2) is 0 Å². The molecule has 0 aromatic carbocycles. The van der Waals surface area contributed by atoms with Crippen molar-refractivity contribution >= 4 is 0 Å². The van der Waals surface area contributed by atoms with Crippen LogP contribution in [0.5, 0.6) is 0 Å². The minimum absolute atomic E-state index is 0.448. The molecule has 2 fully saturated rings. The predicted octanol–water partition coefficient (Wildman–Crippen LogP) is 3.30. The molecule has 0 spiro atoms. The van der Waals surface area contributed by atoms with E-state index in [2.05, 4.69) is 40.2 Å². The Morgan fingerprint density at radius 3 is 2.43 bits per heavy atom. The quantitative estimate of drug-likeness (QED) is 0.897. The molecule has 1 saturated carbocycles. The third-order valence-electron chi connectivity index (χ3n) is 5.62. The van der Waals surface area contributed by atoms with E-state index in [4.69, 9.17) is 0 Å². The molecule has 1 aliphatic carbocycles. The second-order valence-electron chi connectivity index (χ2n) is 7.05. The van der Waals surface area contributed by atoms with Crippen LogP contribution in [0.25, 0.3) is 0 Å². The van der Waals surface area contributed by atoms with E-state index in [9.17, 15) is 0 Å². The zero-order chi connectivity index (χ0) is 14.5. The van der Waals surface area contributed by atoms with E-state index < -0.39 is 0 Å². The van der Waals surface area contributed by atoms with Crippen molar-refractivity contribution in [1.82, 2.24) is 14.8 Å². The van der Waals surface area contributed by atoms with E-state index in [1.165, 1.54) is 70.2 Å². The maximum atomic E-state index is 3.77. The highest BCUT2D eigenvalue weighted by Crippen LogP contribution is 2.35. The summed E-state index contributed by atoms with van der Waals surface area (Å²) in [6.45, 7) is 4.81. The first kappa shape index (κ1) is 15.1. The van der Waals surface area contributed by atoms with Crippen LogP contribution in [0.1, 0.15) is 57.1 Å². The van der Waals surface area contributed by atoms with Crippen molar-refractivity contribution in [2.24, 2.45) is 7.05 Å². The summed E-state index contributed by atoms with van der Waals surface area (Å²) in [6, 6.07) is 4.36. The van der Waals surface area contributed by atoms with Crippen LogP contribution < -0.4 is 5.32 Å². The van der Waals surface area contributed by atoms with Gasteiger partial charge in [-0.25, -0.2) is 0 Å². The molecule has 0 amide bonds. The van der Waals surface area contributed by atoms with Crippen LogP contribution in [-0.2, 0) is 13.6 Å². The second-order valence-corrected chi connectivity index (χ2v) is 7.05. The fourth-order valence-corrected chi connectivity index (χ4v) is 4.29. The fraction of sp³-hybridized carbons (Fsp3) is 0.778. The van der Waals surface area contributed by atoms with Crippen molar-refractivity contribution in [2.75, 3.05) is 19.6 Å². The van der Waals surface area contributed by atoms with Gasteiger partial charge in [0.25, 0.3) is 0 Å². The number of piperidine rings is 1. The Bertz CT molecular complexity index is 425. The van der Waals surface area contributed by atoms with E-state index in [1.54, 1.807) is 0 Å². The summed E-state index contributed by atoms with van der Waals surface area (Å²) in [5.41, 5.74) is 1.84. The predicted molar refractivity (Wildman–Crippen MR) is 88.4 cm³/mol. The first-order valence-electron chi connectivity index (χ1n) is 8.86. The van der Waals surface area contributed by atoms with Crippen LogP contribution >= 0.6 is 0 Å². The van der Waals surface area contributed by atoms with E-state index in [-0.39, 0.29) is 0 Å². The van der Waals surface area contributed by atoms with Gasteiger partial charge in [-0.2, -0.15) is 0 Å². The lowest BCUT2D eigenvalue weighted by Crippen LogP contribution is -2.57. The van der Waals surface area contributed by atoms with Crippen LogP contribution in [-0.4, -0.2) is 34.6 Å². The molecule has 2 aliphatic rings. The van der Waals surface area contributed by atoms with Crippen LogP contribution in [0.15, 0.2) is 18.3 Å². The molecule has 21 heavy (non-hydrogen) atoms. The molecule has 118 valence electrons. The van der Waals surface area contributed by atoms with Gasteiger partial charge in [0.1, 0.15) is 0 Å². The number of hydrogen-bond acceptors (Lipinski definition) is 2. The molecule has 0 bridgehead atoms. The normalized spacial score (nSPS) is 23.3. The number of nitrogens with zero attached hydrogens (tertiary/aromatic N) is 2. The third kappa shape index (κ3) is 3.51. The van der Waals surface area contributed by atoms with Gasteiger partial charge >= 0.3 is 0 Å². The Hall–Kier alpha value is -0.800. The minimum Gasteiger partial charge on any atom is -0.353 e. The standard InChI is InChI=1S/C18H31N3/c1-20-12-8-9-17(20)15-19-16-18(10-4-2-5-11-18)21-13-6-3-7-14-21/h8-9,12,19H,2-7,10-11,13-16H2,1H3. The van der Waals surface area contributed by atoms with Crippen LogP contribution in [0.2, 0.25) is 0 Å². The van der Waals surface area contributed by atoms with E-state index in [0.29, 0.717) is 5.54 Å². The zero-order valence-electron chi connectivity index (χ0n) is 13.6. The monoisotopic (exact) mass is 289 g/mol. The molecule has 1 saturated heterocycles. The Labute approximate surface area is 129 Å². The molecule has 3 rings (SSSR count). The molecule has 1 N–H and O–H groups in total. The highest BCUT2D eigenvalue weighted by atomic mass is 15.2. The van der Waals surface area contributed by atoms with Crippen LogP contribution in [0, 0.1) is 0 Å². The average molecular weight is 289 g/mol. The van der Waals surface area contributed by atoms with Crippen molar-refractivity contribution < 1.29 is 0 Å². The van der Waals surface area contributed by atoms with Gasteiger partial charge in [0.05, 0.1) is 0 Å². The molecule has 1 aromatic heterocycles. The number of likely N-dealkylation sites (tertiary alicyclic amines) is 1. The van der Waals surface area contributed by atoms with Gasteiger partial charge in [0, 0.05) is 37.6 Å². The molecule has 3 heteroatoms. The van der Waals surface area contributed by atoms with E-state index in [0.717, 1.165) is 13.1 Å². The second kappa shape index (κ2) is 6.97. The van der Waals surface area contributed by atoms with Gasteiger partial charge < -0.3 is 9.88 Å². The molecule has 2 heterocycles. The number of aromatic nitrogens is 1. The summed E-state index contributed by atoms with van der Waals surface area (Å²) < 4.78 is 2.22. The van der Waals surface area contributed by atoms with Crippen molar-refractivity contribution in [1.29, 1.82) is 0 Å². The Kier molecular flexibility index (Phi) is 5.02. The summed E-state index contributed by atoms with van der Waals surface area (Å²) >= 11 is 0. The van der Waals surface area contributed by atoms with Crippen molar-refractivity contribution in [3.8, 4) is 0 Å². The van der Waals surface area contributed by atoms with Gasteiger partial charge in [-0.3, -0.25) is 4.90 Å². The zero-order valence-corrected chi connectivity index (χ0v) is 13.6. The Morgan fingerprint density at radius 2 is 1.76 bits per heavy atom. The summed E-state index contributed by atoms with van der Waals surface area (Å²) in [7, 11) is 2.14. The van der Waals surface area contributed by atoms with Gasteiger partial charge in [-0.15, -0.1) is 0 Å². The summed E-state index contributed by atoms with van der Waals surface area (Å²) in [6.07, 6.45) is 13.4. The van der Waals surface area contributed by atoms with Gasteiger partial charge in [-0.05, 0) is 50.9 Å². The SMILES string of the molecule is Cn1cccc1CNCC1(N2CCCCC2)CCCCC1. The highest BCUT2D eigenvalue weighted by Gasteiger charge is 2.37. The summed E-state index contributed by atoms with van der Waals surface area (Å²) in [5, 5.41) is 3.77. The van der Waals surface area contributed by atoms with Crippen molar-refractivity contribution in [3.05, 3.63) is 24.0 Å². The van der Waals surface area contributed by atoms with Gasteiger partial charge in [0.2, 0.25) is 0 Å². The first-order chi connectivity index (χ1) is 10.3. The number of nitrogens with one attached hydrogen (secondary N) is 1. The maximum Gasteiger partial charge on any atom is 0.0359 e. The fourth-order valence-electron chi connectivity index (χ4n) is 4.29. The largest absolute Gasteiger partial charge is 0.353 e. The van der Waals surface area contributed by atoms with Crippen LogP contribution in [0.4, 0.5) is 0 Å². The molecular formula is C18H31N3. The molecule has 0 unspecified atom stereocenters. The first-order valence-corrected chi connectivity index (χ1v) is 8.86. The number of hydrogen-bond donors (Lipinski definition) is 1. The molecule has 3 nitrogen and oxygen atoms in total. The third-order valence-corrected chi connectivity index (χ3v) is 5.62. The lowest BCUT2D eigenvalue weighted by molar-refractivity contribution is 0.0332. The van der Waals surface area contributed by atoms with E-state index >= 15 is 0 Å². The van der Waals surface area contributed by atoms with Crippen LogP contribution in [0.3, 0.4) is 0 Å². The van der Waals surface area contributed by atoms with Crippen molar-refractivity contribution in [2.45, 2.75) is 63.5 Å². The summed E-state index contributed by atoms with van der Waals surface area (Å²) in [4.78, 5) is 2.83. The molecule has 0 radical (unpaired) electrons. The minimum atomic E-state index is 0.448. The van der Waals surface area contributed by atoms with Crippen molar-refractivity contribution in [3.63, 3.8) is 0 Å². The van der Waals surface area contributed by atoms with Gasteiger partial charge in [-0.1, -0.05) is 25.7 Å². The molecule has 0 atom stereocenters. The lowest BCUT2D eigenvalue weighted by Gasteiger charge is -2.48. The average Bonchev–Trinajstić information content (AvgIpc) is 2.95. The maximum absolute atomic E-state index is 3.77. The topological polar surface area (TPSA) is 20.2 Å². The highest BCUT2D eigenvalue weighted by molar-refractivity contribution is 5.06. The molecule has 1 aromatic rings.